The normalized spacial score (nSPS) is 11.8. The Kier molecular flexibility index (Phi) is 5.66. The Hall–Kier alpha value is -1.75. The van der Waals surface area contributed by atoms with Gasteiger partial charge < -0.3 is 15.7 Å². The first-order chi connectivity index (χ1) is 10.5. The van der Waals surface area contributed by atoms with E-state index in [4.69, 9.17) is 23.2 Å². The number of aliphatic hydroxyl groups excluding tert-OH is 1. The number of rotatable bonds is 4. The fourth-order valence-corrected chi connectivity index (χ4v) is 2.50. The molecule has 0 radical (unpaired) electrons. The Labute approximate surface area is 139 Å². The van der Waals surface area contributed by atoms with Crippen molar-refractivity contribution < 1.29 is 9.90 Å². The lowest BCUT2D eigenvalue weighted by Gasteiger charge is -2.14. The average molecular weight is 339 g/mol. The van der Waals surface area contributed by atoms with Gasteiger partial charge in [-0.15, -0.1) is 0 Å². The van der Waals surface area contributed by atoms with Gasteiger partial charge in [-0.25, -0.2) is 4.79 Å². The van der Waals surface area contributed by atoms with Crippen LogP contribution in [0.2, 0.25) is 10.0 Å². The zero-order valence-electron chi connectivity index (χ0n) is 11.9. The number of halogens is 2. The van der Waals surface area contributed by atoms with Gasteiger partial charge in [0.25, 0.3) is 0 Å². The molecule has 2 rings (SSSR count). The smallest absolute Gasteiger partial charge is 0.319 e. The lowest BCUT2D eigenvalue weighted by molar-refractivity contribution is 0.175. The van der Waals surface area contributed by atoms with Crippen molar-refractivity contribution in [1.29, 1.82) is 0 Å². The quantitative estimate of drug-likeness (QED) is 0.783. The molecular formula is C16H16Cl2N2O2. The summed E-state index contributed by atoms with van der Waals surface area (Å²) in [6, 6.07) is 11.9. The summed E-state index contributed by atoms with van der Waals surface area (Å²) < 4.78 is 0. The maximum absolute atomic E-state index is 11.8. The summed E-state index contributed by atoms with van der Waals surface area (Å²) in [6.07, 6.45) is -0.890. The molecule has 116 valence electrons. The highest BCUT2D eigenvalue weighted by Crippen LogP contribution is 2.23. The summed E-state index contributed by atoms with van der Waals surface area (Å²) in [7, 11) is 0. The van der Waals surface area contributed by atoms with Crippen LogP contribution < -0.4 is 10.6 Å². The predicted molar refractivity (Wildman–Crippen MR) is 89.6 cm³/mol. The Morgan fingerprint density at radius 2 is 1.82 bits per heavy atom. The van der Waals surface area contributed by atoms with Gasteiger partial charge in [0.1, 0.15) is 0 Å². The number of anilines is 1. The molecule has 22 heavy (non-hydrogen) atoms. The van der Waals surface area contributed by atoms with Crippen LogP contribution in [0.15, 0.2) is 42.5 Å². The number of hydrogen-bond acceptors (Lipinski definition) is 2. The molecule has 1 unspecified atom stereocenters. The van der Waals surface area contributed by atoms with Crippen molar-refractivity contribution in [3.05, 3.63) is 63.6 Å². The fourth-order valence-electron chi connectivity index (χ4n) is 1.95. The Morgan fingerprint density at radius 3 is 2.45 bits per heavy atom. The minimum atomic E-state index is -0.890. The molecule has 0 saturated carbocycles. The number of aliphatic hydroxyl groups is 1. The van der Waals surface area contributed by atoms with E-state index in [-0.39, 0.29) is 12.6 Å². The van der Waals surface area contributed by atoms with Crippen LogP contribution in [0.5, 0.6) is 0 Å². The Morgan fingerprint density at radius 1 is 1.18 bits per heavy atom. The molecule has 0 saturated heterocycles. The summed E-state index contributed by atoms with van der Waals surface area (Å²) in [5.41, 5.74) is 2.23. The molecule has 0 heterocycles. The Bertz CT molecular complexity index is 657. The highest BCUT2D eigenvalue weighted by Gasteiger charge is 2.11. The van der Waals surface area contributed by atoms with Gasteiger partial charge >= 0.3 is 6.03 Å². The van der Waals surface area contributed by atoms with E-state index in [2.05, 4.69) is 10.6 Å². The van der Waals surface area contributed by atoms with Crippen LogP contribution >= 0.6 is 23.2 Å². The number of carbonyl (C=O) groups is 1. The van der Waals surface area contributed by atoms with Crippen LogP contribution in [-0.2, 0) is 0 Å². The molecule has 0 aliphatic heterocycles. The number of para-hydroxylation sites is 1. The third-order valence-electron chi connectivity index (χ3n) is 3.12. The van der Waals surface area contributed by atoms with Gasteiger partial charge in [0, 0.05) is 22.3 Å². The van der Waals surface area contributed by atoms with Crippen molar-refractivity contribution in [3.8, 4) is 0 Å². The van der Waals surface area contributed by atoms with Gasteiger partial charge in [-0.3, -0.25) is 0 Å². The van der Waals surface area contributed by atoms with Crippen molar-refractivity contribution >= 4 is 34.9 Å². The van der Waals surface area contributed by atoms with Gasteiger partial charge in [0.15, 0.2) is 0 Å². The van der Waals surface area contributed by atoms with E-state index in [1.165, 1.54) is 0 Å². The van der Waals surface area contributed by atoms with Crippen LogP contribution in [0.1, 0.15) is 17.2 Å². The molecule has 0 spiro atoms. The number of benzene rings is 2. The summed E-state index contributed by atoms with van der Waals surface area (Å²) in [6.45, 7) is 1.95. The zero-order chi connectivity index (χ0) is 16.1. The third kappa shape index (κ3) is 4.63. The number of nitrogens with one attached hydrogen (secondary N) is 2. The lowest BCUT2D eigenvalue weighted by atomic mass is 10.1. The highest BCUT2D eigenvalue weighted by molar-refractivity contribution is 6.34. The van der Waals surface area contributed by atoms with Crippen LogP contribution in [0.4, 0.5) is 10.5 Å². The van der Waals surface area contributed by atoms with E-state index in [9.17, 15) is 9.90 Å². The van der Waals surface area contributed by atoms with E-state index in [0.717, 1.165) is 11.3 Å². The molecular weight excluding hydrogens is 323 g/mol. The number of amides is 2. The van der Waals surface area contributed by atoms with Crippen molar-refractivity contribution in [2.75, 3.05) is 11.9 Å². The van der Waals surface area contributed by atoms with Crippen molar-refractivity contribution in [3.63, 3.8) is 0 Å². The van der Waals surface area contributed by atoms with Crippen molar-refractivity contribution in [1.82, 2.24) is 5.32 Å². The van der Waals surface area contributed by atoms with E-state index >= 15 is 0 Å². The standard InChI is InChI=1S/C16H16Cl2N2O2/c1-10-4-2-3-5-14(10)20-16(22)19-9-15(21)11-6-12(17)8-13(18)7-11/h2-8,15,21H,9H2,1H3,(H2,19,20,22). The van der Waals surface area contributed by atoms with E-state index in [1.54, 1.807) is 18.2 Å². The first-order valence-corrected chi connectivity index (χ1v) is 7.46. The summed E-state index contributed by atoms with van der Waals surface area (Å²) >= 11 is 11.8. The minimum Gasteiger partial charge on any atom is -0.387 e. The molecule has 2 aromatic carbocycles. The first-order valence-electron chi connectivity index (χ1n) is 6.70. The average Bonchev–Trinajstić information content (AvgIpc) is 2.46. The van der Waals surface area contributed by atoms with E-state index < -0.39 is 6.10 Å². The molecule has 3 N–H and O–H groups in total. The second kappa shape index (κ2) is 7.49. The summed E-state index contributed by atoms with van der Waals surface area (Å²) in [4.78, 5) is 11.8. The van der Waals surface area contributed by atoms with Gasteiger partial charge in [-0.2, -0.15) is 0 Å². The van der Waals surface area contributed by atoms with Crippen molar-refractivity contribution in [2.24, 2.45) is 0 Å². The molecule has 0 aromatic heterocycles. The number of carbonyl (C=O) groups excluding carboxylic acids is 1. The van der Waals surface area contributed by atoms with Gasteiger partial charge in [0.05, 0.1) is 6.10 Å². The lowest BCUT2D eigenvalue weighted by Crippen LogP contribution is -2.32. The first kappa shape index (κ1) is 16.6. The Balaban J connectivity index is 1.92. The molecule has 2 aromatic rings. The monoisotopic (exact) mass is 338 g/mol. The van der Waals surface area contributed by atoms with E-state index in [0.29, 0.717) is 15.6 Å². The number of hydrogen-bond donors (Lipinski definition) is 3. The molecule has 1 atom stereocenters. The fraction of sp³-hybridized carbons (Fsp3) is 0.188. The number of aryl methyl sites for hydroxylation is 1. The molecule has 0 bridgehead atoms. The maximum atomic E-state index is 11.8. The van der Waals surface area contributed by atoms with Crippen molar-refractivity contribution in [2.45, 2.75) is 13.0 Å². The topological polar surface area (TPSA) is 61.4 Å². The van der Waals surface area contributed by atoms with Crippen LogP contribution in [0.3, 0.4) is 0 Å². The maximum Gasteiger partial charge on any atom is 0.319 e. The molecule has 0 aliphatic carbocycles. The molecule has 2 amide bonds. The molecule has 6 heteroatoms. The predicted octanol–water partition coefficient (Wildman–Crippen LogP) is 4.16. The SMILES string of the molecule is Cc1ccccc1NC(=O)NCC(O)c1cc(Cl)cc(Cl)c1. The zero-order valence-corrected chi connectivity index (χ0v) is 13.4. The molecule has 4 nitrogen and oxygen atoms in total. The van der Waals surface area contributed by atoms with Crippen LogP contribution in [0.25, 0.3) is 0 Å². The summed E-state index contributed by atoms with van der Waals surface area (Å²) in [5.74, 6) is 0. The largest absolute Gasteiger partial charge is 0.387 e. The van der Waals surface area contributed by atoms with Gasteiger partial charge in [-0.1, -0.05) is 41.4 Å². The summed E-state index contributed by atoms with van der Waals surface area (Å²) in [5, 5.41) is 16.3. The third-order valence-corrected chi connectivity index (χ3v) is 3.56. The van der Waals surface area contributed by atoms with Crippen LogP contribution in [-0.4, -0.2) is 17.7 Å². The second-order valence-electron chi connectivity index (χ2n) is 4.87. The molecule has 0 fully saturated rings. The van der Waals surface area contributed by atoms with Gasteiger partial charge in [0.2, 0.25) is 0 Å². The number of urea groups is 1. The molecule has 0 aliphatic rings. The minimum absolute atomic E-state index is 0.0500. The van der Waals surface area contributed by atoms with Crippen LogP contribution in [0, 0.1) is 6.92 Å². The highest BCUT2D eigenvalue weighted by atomic mass is 35.5. The van der Waals surface area contributed by atoms with E-state index in [1.807, 2.05) is 31.2 Å². The van der Waals surface area contributed by atoms with Gasteiger partial charge in [-0.05, 0) is 42.3 Å². The second-order valence-corrected chi connectivity index (χ2v) is 5.74.